The fourth-order valence-electron chi connectivity index (χ4n) is 4.97. The molecule has 4 nitrogen and oxygen atoms in total. The molecular formula is C39H40N4. The molecule has 4 heteroatoms. The smallest absolute Gasteiger partial charge is 0.0900 e. The Hall–Kier alpha value is -4.83. The first-order valence-electron chi connectivity index (χ1n) is 15.4. The van der Waals surface area contributed by atoms with Crippen molar-refractivity contribution in [3.63, 3.8) is 0 Å². The minimum absolute atomic E-state index is 0.829. The molecule has 0 unspecified atom stereocenters. The van der Waals surface area contributed by atoms with E-state index in [9.17, 15) is 0 Å². The Labute approximate surface area is 256 Å². The molecule has 0 radical (unpaired) electrons. The van der Waals surface area contributed by atoms with Gasteiger partial charge in [0.05, 0.1) is 22.8 Å². The van der Waals surface area contributed by atoms with E-state index in [2.05, 4.69) is 114 Å². The van der Waals surface area contributed by atoms with Crippen molar-refractivity contribution < 1.29 is 0 Å². The maximum absolute atomic E-state index is 4.88. The Morgan fingerprint density at radius 3 is 1.53 bits per heavy atom. The standard InChI is InChI=1S/C39H40N4/c1-3-5-27-43(28-6-4-2)35-23-19-32(20-24-35)14-8-7-13-31-17-21-33(22-18-31)34-29-38(36-15-9-11-25-40-36)42-39(30-34)37-16-10-12-26-41-37/h7-26,29-30H,3-6,27-28H2,1-2H3/b13-7+,14-8+. The van der Waals surface area contributed by atoms with E-state index in [0.717, 1.165) is 52.6 Å². The zero-order chi connectivity index (χ0) is 29.7. The molecule has 0 amide bonds. The van der Waals surface area contributed by atoms with Gasteiger partial charge in [0, 0.05) is 31.2 Å². The topological polar surface area (TPSA) is 41.9 Å². The van der Waals surface area contributed by atoms with Crippen LogP contribution in [0.1, 0.15) is 50.7 Å². The van der Waals surface area contributed by atoms with Crippen LogP contribution in [0.3, 0.4) is 0 Å². The van der Waals surface area contributed by atoms with E-state index in [1.807, 2.05) is 36.4 Å². The number of rotatable bonds is 13. The first-order valence-corrected chi connectivity index (χ1v) is 15.4. The number of aromatic nitrogens is 3. The van der Waals surface area contributed by atoms with E-state index < -0.39 is 0 Å². The molecule has 0 atom stereocenters. The van der Waals surface area contributed by atoms with E-state index in [1.54, 1.807) is 12.4 Å². The van der Waals surface area contributed by atoms with E-state index in [1.165, 1.54) is 36.9 Å². The lowest BCUT2D eigenvalue weighted by Crippen LogP contribution is -2.25. The van der Waals surface area contributed by atoms with E-state index in [-0.39, 0.29) is 0 Å². The van der Waals surface area contributed by atoms with E-state index >= 15 is 0 Å². The largest absolute Gasteiger partial charge is 0.372 e. The first-order chi connectivity index (χ1) is 21.2. The monoisotopic (exact) mass is 564 g/mol. The summed E-state index contributed by atoms with van der Waals surface area (Å²) in [5, 5.41) is 0. The van der Waals surface area contributed by atoms with Crippen molar-refractivity contribution in [3.8, 4) is 33.9 Å². The van der Waals surface area contributed by atoms with Crippen LogP contribution in [0.2, 0.25) is 0 Å². The van der Waals surface area contributed by atoms with Crippen molar-refractivity contribution in [2.24, 2.45) is 0 Å². The summed E-state index contributed by atoms with van der Waals surface area (Å²) in [7, 11) is 0. The predicted molar refractivity (Wildman–Crippen MR) is 183 cm³/mol. The van der Waals surface area contributed by atoms with Crippen LogP contribution in [0.25, 0.3) is 46.1 Å². The number of pyridine rings is 3. The molecule has 3 heterocycles. The highest BCUT2D eigenvalue weighted by atomic mass is 15.1. The van der Waals surface area contributed by atoms with Crippen LogP contribution in [0.4, 0.5) is 5.69 Å². The second-order valence-electron chi connectivity index (χ2n) is 10.7. The van der Waals surface area contributed by atoms with Gasteiger partial charge in [-0.1, -0.05) is 99.5 Å². The molecule has 0 bridgehead atoms. The highest BCUT2D eigenvalue weighted by Gasteiger charge is 2.10. The summed E-state index contributed by atoms with van der Waals surface area (Å²) in [5.74, 6) is 0. The van der Waals surface area contributed by atoms with Crippen molar-refractivity contribution >= 4 is 17.8 Å². The summed E-state index contributed by atoms with van der Waals surface area (Å²) in [6.45, 7) is 6.78. The van der Waals surface area contributed by atoms with Gasteiger partial charge in [0.2, 0.25) is 0 Å². The second kappa shape index (κ2) is 15.4. The Morgan fingerprint density at radius 1 is 0.558 bits per heavy atom. The fourth-order valence-corrected chi connectivity index (χ4v) is 4.97. The second-order valence-corrected chi connectivity index (χ2v) is 10.7. The summed E-state index contributed by atoms with van der Waals surface area (Å²) >= 11 is 0. The number of unbranched alkanes of at least 4 members (excludes halogenated alkanes) is 2. The van der Waals surface area contributed by atoms with Gasteiger partial charge in [-0.2, -0.15) is 0 Å². The van der Waals surface area contributed by atoms with Crippen LogP contribution in [0.15, 0.2) is 122 Å². The van der Waals surface area contributed by atoms with Crippen LogP contribution in [0.5, 0.6) is 0 Å². The molecule has 5 aromatic rings. The Morgan fingerprint density at radius 2 is 1.07 bits per heavy atom. The first kappa shape index (κ1) is 29.7. The van der Waals surface area contributed by atoms with E-state index in [4.69, 9.17) is 4.98 Å². The molecule has 3 aromatic heterocycles. The van der Waals surface area contributed by atoms with E-state index in [0.29, 0.717) is 0 Å². The van der Waals surface area contributed by atoms with Crippen molar-refractivity contribution in [2.75, 3.05) is 18.0 Å². The van der Waals surface area contributed by atoms with Gasteiger partial charge < -0.3 is 4.90 Å². The average molecular weight is 565 g/mol. The normalized spacial score (nSPS) is 11.4. The minimum Gasteiger partial charge on any atom is -0.372 e. The summed E-state index contributed by atoms with van der Waals surface area (Å²) in [6, 6.07) is 33.5. The molecule has 0 spiro atoms. The van der Waals surface area contributed by atoms with Crippen LogP contribution < -0.4 is 4.90 Å². The van der Waals surface area contributed by atoms with Crippen LogP contribution in [0, 0.1) is 0 Å². The summed E-state index contributed by atoms with van der Waals surface area (Å²) in [6.07, 6.45) is 17.0. The lowest BCUT2D eigenvalue weighted by Gasteiger charge is -2.24. The number of benzene rings is 2. The highest BCUT2D eigenvalue weighted by Crippen LogP contribution is 2.29. The van der Waals surface area contributed by atoms with Crippen LogP contribution in [-0.2, 0) is 0 Å². The zero-order valence-corrected chi connectivity index (χ0v) is 25.2. The molecule has 5 rings (SSSR count). The summed E-state index contributed by atoms with van der Waals surface area (Å²) < 4.78 is 0. The molecule has 0 N–H and O–H groups in total. The lowest BCUT2D eigenvalue weighted by molar-refractivity contribution is 0.678. The molecule has 2 aromatic carbocycles. The molecule has 216 valence electrons. The lowest BCUT2D eigenvalue weighted by atomic mass is 10.0. The Kier molecular flexibility index (Phi) is 10.6. The Balaban J connectivity index is 1.28. The molecule has 0 saturated carbocycles. The molecule has 0 aliphatic carbocycles. The number of allylic oxidation sites excluding steroid dienone is 2. The maximum atomic E-state index is 4.88. The Bertz CT molecular complexity index is 1540. The fraction of sp³-hybridized carbons (Fsp3) is 0.205. The SMILES string of the molecule is CCCCN(CCCC)c1ccc(/C=C/C=C/c2ccc(-c3cc(-c4ccccn4)nc(-c4ccccn4)c3)cc2)cc1. The van der Waals surface area contributed by atoms with Gasteiger partial charge in [0.25, 0.3) is 0 Å². The van der Waals surface area contributed by atoms with Crippen molar-refractivity contribution in [3.05, 3.63) is 133 Å². The maximum Gasteiger partial charge on any atom is 0.0900 e. The van der Waals surface area contributed by atoms with Gasteiger partial charge in [-0.05, 0) is 83.6 Å². The molecule has 0 fully saturated rings. The van der Waals surface area contributed by atoms with Gasteiger partial charge in [-0.15, -0.1) is 0 Å². The number of nitrogens with zero attached hydrogens (tertiary/aromatic N) is 4. The third-order valence-electron chi connectivity index (χ3n) is 7.43. The van der Waals surface area contributed by atoms with Gasteiger partial charge >= 0.3 is 0 Å². The van der Waals surface area contributed by atoms with Gasteiger partial charge in [0.1, 0.15) is 0 Å². The zero-order valence-electron chi connectivity index (χ0n) is 25.2. The molecule has 0 aliphatic heterocycles. The number of anilines is 1. The molecule has 0 aliphatic rings. The molecular weight excluding hydrogens is 524 g/mol. The van der Waals surface area contributed by atoms with Crippen molar-refractivity contribution in [1.82, 2.24) is 15.0 Å². The predicted octanol–water partition coefficient (Wildman–Crippen LogP) is 10.0. The highest BCUT2D eigenvalue weighted by molar-refractivity contribution is 5.75. The third-order valence-corrected chi connectivity index (χ3v) is 7.43. The van der Waals surface area contributed by atoms with Gasteiger partial charge in [0.15, 0.2) is 0 Å². The quantitative estimate of drug-likeness (QED) is 0.133. The molecule has 43 heavy (non-hydrogen) atoms. The van der Waals surface area contributed by atoms with Crippen molar-refractivity contribution in [1.29, 1.82) is 0 Å². The van der Waals surface area contributed by atoms with Gasteiger partial charge in [-0.25, -0.2) is 4.98 Å². The molecule has 0 saturated heterocycles. The minimum atomic E-state index is 0.829. The van der Waals surface area contributed by atoms with Gasteiger partial charge in [-0.3, -0.25) is 9.97 Å². The van der Waals surface area contributed by atoms with Crippen molar-refractivity contribution in [2.45, 2.75) is 39.5 Å². The number of hydrogen-bond acceptors (Lipinski definition) is 4. The average Bonchev–Trinajstić information content (AvgIpc) is 3.08. The van der Waals surface area contributed by atoms with Crippen LogP contribution >= 0.6 is 0 Å². The van der Waals surface area contributed by atoms with Crippen LogP contribution in [-0.4, -0.2) is 28.0 Å². The third kappa shape index (κ3) is 8.36. The number of hydrogen-bond donors (Lipinski definition) is 0. The summed E-state index contributed by atoms with van der Waals surface area (Å²) in [5.41, 5.74) is 9.22. The summed E-state index contributed by atoms with van der Waals surface area (Å²) in [4.78, 5) is 16.5.